The molecule has 2 amide bonds. The third-order valence-corrected chi connectivity index (χ3v) is 9.80. The molecule has 0 fully saturated rings. The fourth-order valence-electron chi connectivity index (χ4n) is 7.09. The Morgan fingerprint density at radius 1 is 0.660 bits per heavy atom. The number of ether oxygens (including phenoxy) is 4. The molecule has 11 heteroatoms. The Labute approximate surface area is 289 Å². The predicted molar refractivity (Wildman–Crippen MR) is 189 cm³/mol. The van der Waals surface area contributed by atoms with Gasteiger partial charge in [-0.15, -0.1) is 0 Å². The third-order valence-electron chi connectivity index (χ3n) is 9.80. The van der Waals surface area contributed by atoms with E-state index in [-0.39, 0.29) is 37.1 Å². The number of amides is 2. The number of rotatable bonds is 8. The number of nitrogens with two attached hydrogens (primary N) is 1. The largest absolute Gasteiger partial charge is 0.493 e. The van der Waals surface area contributed by atoms with Gasteiger partial charge in [-0.1, -0.05) is 48.5 Å². The van der Waals surface area contributed by atoms with E-state index in [0.717, 1.165) is 11.1 Å². The molecule has 254 valence electrons. The Balaban J connectivity index is 0.953. The second-order valence-corrected chi connectivity index (χ2v) is 12.9. The van der Waals surface area contributed by atoms with Crippen molar-refractivity contribution < 1.29 is 28.5 Å². The zero-order valence-electron chi connectivity index (χ0n) is 27.9. The molecule has 50 heavy (non-hydrogen) atoms. The zero-order valence-corrected chi connectivity index (χ0v) is 27.9. The van der Waals surface area contributed by atoms with Gasteiger partial charge in [0.25, 0.3) is 11.8 Å². The molecule has 0 aliphatic carbocycles. The number of carbonyl (C=O) groups is 2. The van der Waals surface area contributed by atoms with Crippen molar-refractivity contribution in [1.82, 2.24) is 9.80 Å². The van der Waals surface area contributed by atoms with E-state index in [4.69, 9.17) is 34.7 Å². The van der Waals surface area contributed by atoms with E-state index in [2.05, 4.69) is 24.3 Å². The first-order valence-corrected chi connectivity index (χ1v) is 16.7. The summed E-state index contributed by atoms with van der Waals surface area (Å²) >= 11 is 0. The monoisotopic (exact) mass is 671 g/mol. The number of hydrogen-bond acceptors (Lipinski definition) is 9. The van der Waals surface area contributed by atoms with Crippen LogP contribution in [0.15, 0.2) is 82.8 Å². The SMILES string of the molecule is COc1cc2c(cc1OCC(N)COc1cc3c(cc1OC)C(=O)N1Cc4ccccc4C[C@H]1C=N3)N=C[C@@H]1Cc3ccccc3CN1C2=O. The molecule has 8 rings (SSSR count). The summed E-state index contributed by atoms with van der Waals surface area (Å²) in [6, 6.07) is 22.3. The molecule has 2 N–H and O–H groups in total. The molecule has 0 spiro atoms. The molecule has 2 atom stereocenters. The second kappa shape index (κ2) is 13.0. The van der Waals surface area contributed by atoms with Crippen LogP contribution in [0.3, 0.4) is 0 Å². The first kappa shape index (κ1) is 31.6. The van der Waals surface area contributed by atoms with Crippen LogP contribution in [0.4, 0.5) is 11.4 Å². The Morgan fingerprint density at radius 3 is 1.50 bits per heavy atom. The van der Waals surface area contributed by atoms with Crippen LogP contribution in [0.2, 0.25) is 0 Å². The van der Waals surface area contributed by atoms with E-state index < -0.39 is 6.04 Å². The smallest absolute Gasteiger partial charge is 0.257 e. The van der Waals surface area contributed by atoms with Gasteiger partial charge in [0.1, 0.15) is 13.2 Å². The molecule has 4 heterocycles. The maximum atomic E-state index is 13.7. The van der Waals surface area contributed by atoms with Gasteiger partial charge in [0.05, 0.1) is 54.8 Å². The van der Waals surface area contributed by atoms with Gasteiger partial charge in [-0.2, -0.15) is 0 Å². The Bertz CT molecular complexity index is 1920. The van der Waals surface area contributed by atoms with Crippen molar-refractivity contribution in [2.24, 2.45) is 15.7 Å². The highest BCUT2D eigenvalue weighted by atomic mass is 16.5. The summed E-state index contributed by atoms with van der Waals surface area (Å²) in [6.45, 7) is 1.23. The lowest BCUT2D eigenvalue weighted by Gasteiger charge is -2.34. The van der Waals surface area contributed by atoms with Crippen LogP contribution in [-0.4, -0.2) is 79.6 Å². The van der Waals surface area contributed by atoms with E-state index >= 15 is 0 Å². The highest BCUT2D eigenvalue weighted by Gasteiger charge is 2.35. The quantitative estimate of drug-likeness (QED) is 0.278. The van der Waals surface area contributed by atoms with E-state index in [1.807, 2.05) is 46.5 Å². The number of fused-ring (bicyclic) bond motifs is 6. The first-order chi connectivity index (χ1) is 24.4. The standard InChI is InChI=1S/C39H37N5O6/c1-47-34-13-30-32(41-17-28-11-23-7-3-5-9-25(23)19-43(28)38(30)45)15-36(34)49-21-27(40)22-50-37-16-33-31(14-35(37)48-2)39(46)44-20-26-10-6-4-8-24(26)12-29(44)18-42-33/h3-10,13-18,27-29H,11-12,19-22,40H2,1-2H3/t28-,29-/m0/s1. The highest BCUT2D eigenvalue weighted by molar-refractivity contribution is 6.04. The van der Waals surface area contributed by atoms with Crippen molar-refractivity contribution in [2.75, 3.05) is 27.4 Å². The summed E-state index contributed by atoms with van der Waals surface area (Å²) in [4.78, 5) is 40.5. The number of benzene rings is 4. The fourth-order valence-corrected chi connectivity index (χ4v) is 7.09. The molecule has 11 nitrogen and oxygen atoms in total. The van der Waals surface area contributed by atoms with Gasteiger partial charge >= 0.3 is 0 Å². The molecule has 4 aromatic rings. The van der Waals surface area contributed by atoms with Crippen LogP contribution in [0, 0.1) is 0 Å². The normalized spacial score (nSPS) is 18.6. The average molecular weight is 672 g/mol. The molecule has 4 aliphatic rings. The minimum absolute atomic E-state index is 0.0952. The zero-order chi connectivity index (χ0) is 34.4. The summed E-state index contributed by atoms with van der Waals surface area (Å²) in [6.07, 6.45) is 5.09. The topological polar surface area (TPSA) is 128 Å². The van der Waals surface area contributed by atoms with Crippen LogP contribution < -0.4 is 24.7 Å². The summed E-state index contributed by atoms with van der Waals surface area (Å²) < 4.78 is 23.5. The number of carbonyl (C=O) groups excluding carboxylic acids is 2. The molecule has 0 saturated heterocycles. The molecular weight excluding hydrogens is 634 g/mol. The molecule has 0 unspecified atom stereocenters. The summed E-state index contributed by atoms with van der Waals surface area (Å²) in [5.41, 5.74) is 13.1. The summed E-state index contributed by atoms with van der Waals surface area (Å²) in [5, 5.41) is 0. The van der Waals surface area contributed by atoms with Crippen LogP contribution in [0.25, 0.3) is 0 Å². The van der Waals surface area contributed by atoms with Gasteiger partial charge in [-0.25, -0.2) is 0 Å². The van der Waals surface area contributed by atoms with Gasteiger partial charge < -0.3 is 34.5 Å². The first-order valence-electron chi connectivity index (χ1n) is 16.7. The Kier molecular flexibility index (Phi) is 8.20. The van der Waals surface area contributed by atoms with Crippen molar-refractivity contribution in [3.8, 4) is 23.0 Å². The van der Waals surface area contributed by atoms with Crippen molar-refractivity contribution in [3.05, 3.63) is 106 Å². The molecule has 0 aromatic heterocycles. The fraction of sp³-hybridized carbons (Fsp3) is 0.282. The van der Waals surface area contributed by atoms with Crippen LogP contribution in [-0.2, 0) is 25.9 Å². The van der Waals surface area contributed by atoms with E-state index in [1.165, 1.54) is 25.3 Å². The minimum atomic E-state index is -0.544. The van der Waals surface area contributed by atoms with Gasteiger partial charge in [-0.3, -0.25) is 19.6 Å². The number of nitrogens with zero attached hydrogens (tertiary/aromatic N) is 4. The summed E-state index contributed by atoms with van der Waals surface area (Å²) in [5.74, 6) is 1.45. The summed E-state index contributed by atoms with van der Waals surface area (Å²) in [7, 11) is 3.06. The minimum Gasteiger partial charge on any atom is -0.493 e. The Hall–Kier alpha value is -5.68. The van der Waals surface area contributed by atoms with Crippen molar-refractivity contribution in [2.45, 2.75) is 44.1 Å². The maximum Gasteiger partial charge on any atom is 0.257 e. The van der Waals surface area contributed by atoms with Gasteiger partial charge in [0, 0.05) is 37.7 Å². The highest BCUT2D eigenvalue weighted by Crippen LogP contribution is 2.40. The van der Waals surface area contributed by atoms with Crippen molar-refractivity contribution in [3.63, 3.8) is 0 Å². The van der Waals surface area contributed by atoms with Crippen LogP contribution in [0.1, 0.15) is 43.0 Å². The molecular formula is C39H37N5O6. The maximum absolute atomic E-state index is 13.7. The lowest BCUT2D eigenvalue weighted by Crippen LogP contribution is -2.44. The number of aliphatic imine (C=N–C) groups is 2. The van der Waals surface area contributed by atoms with Crippen molar-refractivity contribution >= 4 is 35.6 Å². The van der Waals surface area contributed by atoms with E-state index in [9.17, 15) is 9.59 Å². The molecule has 4 aromatic carbocycles. The van der Waals surface area contributed by atoms with Crippen LogP contribution in [0.5, 0.6) is 23.0 Å². The predicted octanol–water partition coefficient (Wildman–Crippen LogP) is 5.05. The van der Waals surface area contributed by atoms with E-state index in [1.54, 1.807) is 24.3 Å². The number of methoxy groups -OCH3 is 2. The van der Waals surface area contributed by atoms with E-state index in [0.29, 0.717) is 71.4 Å². The Morgan fingerprint density at radius 2 is 1.08 bits per heavy atom. The second-order valence-electron chi connectivity index (χ2n) is 12.9. The van der Waals surface area contributed by atoms with Gasteiger partial charge in [-0.05, 0) is 47.2 Å². The van der Waals surface area contributed by atoms with Gasteiger partial charge in [0.2, 0.25) is 0 Å². The molecule has 0 saturated carbocycles. The lowest BCUT2D eigenvalue weighted by atomic mass is 9.94. The van der Waals surface area contributed by atoms with Crippen molar-refractivity contribution in [1.29, 1.82) is 0 Å². The molecule has 4 aliphatic heterocycles. The van der Waals surface area contributed by atoms with Gasteiger partial charge in [0.15, 0.2) is 23.0 Å². The molecule has 0 radical (unpaired) electrons. The average Bonchev–Trinajstić information content (AvgIpc) is 3.36. The van der Waals surface area contributed by atoms with Crippen LogP contribution >= 0.6 is 0 Å². The lowest BCUT2D eigenvalue weighted by molar-refractivity contribution is 0.0696. The molecule has 0 bridgehead atoms. The third kappa shape index (κ3) is 5.73. The number of hydrogen-bond donors (Lipinski definition) is 1.